The number of hydrogen-bond donors (Lipinski definition) is 2. The van der Waals surface area contributed by atoms with E-state index in [1.54, 1.807) is 23.7 Å². The predicted molar refractivity (Wildman–Crippen MR) is 75.7 cm³/mol. The highest BCUT2D eigenvalue weighted by Crippen LogP contribution is 2.05. The number of nitrogens with zero attached hydrogens (tertiary/aromatic N) is 1. The van der Waals surface area contributed by atoms with Gasteiger partial charge in [0.1, 0.15) is 0 Å². The lowest BCUT2D eigenvalue weighted by atomic mass is 10.1. The van der Waals surface area contributed by atoms with E-state index in [2.05, 4.69) is 22.1 Å². The maximum atomic E-state index is 12.0. The lowest BCUT2D eigenvalue weighted by molar-refractivity contribution is 0.0950. The summed E-state index contributed by atoms with van der Waals surface area (Å²) in [6, 6.07) is 7.15. The molecule has 0 aliphatic rings. The van der Waals surface area contributed by atoms with Crippen LogP contribution in [0.5, 0.6) is 0 Å². The Labute approximate surface area is 115 Å². The molecule has 0 aliphatic heterocycles. The van der Waals surface area contributed by atoms with Gasteiger partial charge >= 0.3 is 0 Å². The quantitative estimate of drug-likeness (QED) is 0.829. The summed E-state index contributed by atoms with van der Waals surface area (Å²) < 4.78 is 0. The van der Waals surface area contributed by atoms with Gasteiger partial charge < -0.3 is 11.1 Å². The highest BCUT2D eigenvalue weighted by Gasteiger charge is 2.05. The normalized spacial score (nSPS) is 9.53. The maximum absolute atomic E-state index is 12.0. The Morgan fingerprint density at radius 3 is 3.11 bits per heavy atom. The smallest absolute Gasteiger partial charge is 0.251 e. The summed E-state index contributed by atoms with van der Waals surface area (Å²) in [5.74, 6) is 5.53. The summed E-state index contributed by atoms with van der Waals surface area (Å²) in [6.45, 7) is 0.737. The molecule has 1 aromatic carbocycles. The van der Waals surface area contributed by atoms with E-state index in [1.807, 2.05) is 11.4 Å². The van der Waals surface area contributed by atoms with Crippen molar-refractivity contribution in [2.24, 2.45) is 5.73 Å². The molecule has 0 aliphatic carbocycles. The number of thiazole rings is 1. The standard InChI is InChI=1S/C14H13N3OS/c15-6-2-4-11-3-1-5-12(7-11)14(18)16-8-13-9-19-10-17-13/h1,3,5,7,9-10H,6,8,15H2,(H,16,18). The number of aromatic nitrogens is 1. The van der Waals surface area contributed by atoms with Crippen molar-refractivity contribution < 1.29 is 4.79 Å². The zero-order valence-corrected chi connectivity index (χ0v) is 11.0. The average molecular weight is 271 g/mol. The first-order valence-corrected chi connectivity index (χ1v) is 6.68. The summed E-state index contributed by atoms with van der Waals surface area (Å²) >= 11 is 1.51. The van der Waals surface area contributed by atoms with E-state index in [0.29, 0.717) is 18.7 Å². The Kier molecular flexibility index (Phi) is 4.67. The molecule has 0 bridgehead atoms. The number of hydrogen-bond acceptors (Lipinski definition) is 4. The lowest BCUT2D eigenvalue weighted by Crippen LogP contribution is -2.22. The minimum atomic E-state index is -0.135. The molecule has 0 radical (unpaired) electrons. The number of nitrogens with two attached hydrogens (primary N) is 1. The average Bonchev–Trinajstić information content (AvgIpc) is 2.96. The van der Waals surface area contributed by atoms with Crippen LogP contribution >= 0.6 is 11.3 Å². The number of carbonyl (C=O) groups is 1. The van der Waals surface area contributed by atoms with Crippen LogP contribution in [0, 0.1) is 11.8 Å². The van der Waals surface area contributed by atoms with Gasteiger partial charge in [-0.2, -0.15) is 0 Å². The summed E-state index contributed by atoms with van der Waals surface area (Å²) in [4.78, 5) is 16.1. The second-order valence-corrected chi connectivity index (χ2v) is 4.47. The second kappa shape index (κ2) is 6.69. The molecule has 0 saturated carbocycles. The molecule has 0 atom stereocenters. The van der Waals surface area contributed by atoms with Gasteiger partial charge in [0.25, 0.3) is 5.91 Å². The topological polar surface area (TPSA) is 68.0 Å². The fraction of sp³-hybridized carbons (Fsp3) is 0.143. The highest BCUT2D eigenvalue weighted by molar-refractivity contribution is 7.07. The summed E-state index contributed by atoms with van der Waals surface area (Å²) in [5, 5.41) is 4.72. The number of amides is 1. The van der Waals surface area contributed by atoms with Crippen molar-refractivity contribution in [2.45, 2.75) is 6.54 Å². The van der Waals surface area contributed by atoms with Crippen LogP contribution in [0.2, 0.25) is 0 Å². The van der Waals surface area contributed by atoms with Crippen LogP contribution in [0.25, 0.3) is 0 Å². The Morgan fingerprint density at radius 1 is 1.47 bits per heavy atom. The minimum absolute atomic E-state index is 0.135. The van der Waals surface area contributed by atoms with Crippen LogP contribution in [0.15, 0.2) is 35.2 Å². The first-order valence-electron chi connectivity index (χ1n) is 5.74. The lowest BCUT2D eigenvalue weighted by Gasteiger charge is -2.03. The van der Waals surface area contributed by atoms with Crippen molar-refractivity contribution >= 4 is 17.2 Å². The zero-order chi connectivity index (χ0) is 13.5. The van der Waals surface area contributed by atoms with Gasteiger partial charge in [0.2, 0.25) is 0 Å². The second-order valence-electron chi connectivity index (χ2n) is 3.75. The monoisotopic (exact) mass is 271 g/mol. The van der Waals surface area contributed by atoms with E-state index in [-0.39, 0.29) is 5.91 Å². The van der Waals surface area contributed by atoms with E-state index in [1.165, 1.54) is 11.3 Å². The molecular weight excluding hydrogens is 258 g/mol. The molecule has 0 spiro atoms. The third-order valence-electron chi connectivity index (χ3n) is 2.37. The third kappa shape index (κ3) is 3.91. The molecule has 0 unspecified atom stereocenters. The Hall–Kier alpha value is -2.16. The summed E-state index contributed by atoms with van der Waals surface area (Å²) in [5.41, 5.74) is 9.28. The molecule has 3 N–H and O–H groups in total. The van der Waals surface area contributed by atoms with Crippen LogP contribution in [-0.2, 0) is 6.54 Å². The van der Waals surface area contributed by atoms with Gasteiger partial charge in [-0.25, -0.2) is 4.98 Å². The van der Waals surface area contributed by atoms with Crippen molar-refractivity contribution in [1.82, 2.24) is 10.3 Å². The number of nitrogens with one attached hydrogen (secondary N) is 1. The highest BCUT2D eigenvalue weighted by atomic mass is 32.1. The predicted octanol–water partition coefficient (Wildman–Crippen LogP) is 1.38. The van der Waals surface area contributed by atoms with Crippen molar-refractivity contribution in [2.75, 3.05) is 6.54 Å². The Morgan fingerprint density at radius 2 is 2.37 bits per heavy atom. The van der Waals surface area contributed by atoms with E-state index >= 15 is 0 Å². The van der Waals surface area contributed by atoms with E-state index in [9.17, 15) is 4.79 Å². The summed E-state index contributed by atoms with van der Waals surface area (Å²) in [7, 11) is 0. The van der Waals surface area contributed by atoms with Crippen LogP contribution < -0.4 is 11.1 Å². The molecule has 2 rings (SSSR count). The Bertz CT molecular complexity index is 611. The molecule has 4 nitrogen and oxygen atoms in total. The number of carbonyl (C=O) groups excluding carboxylic acids is 1. The third-order valence-corrected chi connectivity index (χ3v) is 3.01. The molecular formula is C14H13N3OS. The molecule has 0 fully saturated rings. The van der Waals surface area contributed by atoms with E-state index in [0.717, 1.165) is 11.3 Å². The molecule has 1 amide bonds. The van der Waals surface area contributed by atoms with Crippen LogP contribution in [0.4, 0.5) is 0 Å². The molecule has 19 heavy (non-hydrogen) atoms. The first kappa shape index (κ1) is 13.3. The largest absolute Gasteiger partial charge is 0.346 e. The molecule has 1 heterocycles. The van der Waals surface area contributed by atoms with Gasteiger partial charge in [0, 0.05) is 16.5 Å². The molecule has 1 aromatic heterocycles. The van der Waals surface area contributed by atoms with Crippen molar-refractivity contribution in [3.05, 3.63) is 52.0 Å². The molecule has 96 valence electrons. The van der Waals surface area contributed by atoms with Crippen LogP contribution in [-0.4, -0.2) is 17.4 Å². The van der Waals surface area contributed by atoms with Crippen LogP contribution in [0.3, 0.4) is 0 Å². The minimum Gasteiger partial charge on any atom is -0.346 e. The number of benzene rings is 1. The van der Waals surface area contributed by atoms with Crippen LogP contribution in [0.1, 0.15) is 21.6 Å². The fourth-order valence-electron chi connectivity index (χ4n) is 1.49. The SMILES string of the molecule is NCC#Cc1cccc(C(=O)NCc2cscn2)c1. The first-order chi connectivity index (χ1) is 9.29. The molecule has 2 aromatic rings. The van der Waals surface area contributed by atoms with Gasteiger partial charge in [-0.05, 0) is 18.2 Å². The molecule has 5 heteroatoms. The zero-order valence-electron chi connectivity index (χ0n) is 10.2. The van der Waals surface area contributed by atoms with Gasteiger partial charge in [-0.15, -0.1) is 11.3 Å². The van der Waals surface area contributed by atoms with E-state index in [4.69, 9.17) is 5.73 Å². The van der Waals surface area contributed by atoms with Gasteiger partial charge in [0.15, 0.2) is 0 Å². The number of rotatable bonds is 3. The van der Waals surface area contributed by atoms with Gasteiger partial charge in [0.05, 0.1) is 24.3 Å². The summed E-state index contributed by atoms with van der Waals surface area (Å²) in [6.07, 6.45) is 0. The Balaban J connectivity index is 2.02. The van der Waals surface area contributed by atoms with Crippen molar-refractivity contribution in [3.63, 3.8) is 0 Å². The maximum Gasteiger partial charge on any atom is 0.251 e. The van der Waals surface area contributed by atoms with Crippen molar-refractivity contribution in [1.29, 1.82) is 0 Å². The van der Waals surface area contributed by atoms with Gasteiger partial charge in [-0.3, -0.25) is 4.79 Å². The van der Waals surface area contributed by atoms with E-state index < -0.39 is 0 Å². The fourth-order valence-corrected chi connectivity index (χ4v) is 2.05. The van der Waals surface area contributed by atoms with Crippen molar-refractivity contribution in [3.8, 4) is 11.8 Å². The molecule has 0 saturated heterocycles. The van der Waals surface area contributed by atoms with Gasteiger partial charge in [-0.1, -0.05) is 17.9 Å².